The Hall–Kier alpha value is -3.16. The molecule has 0 aliphatic rings. The van der Waals surface area contributed by atoms with Crippen molar-refractivity contribution < 1.29 is 90.2 Å². The predicted molar refractivity (Wildman–Crippen MR) is 152 cm³/mol. The molecule has 2 heterocycles. The maximum absolute atomic E-state index is 11.9. The number of aliphatic carboxylic acids is 2. The van der Waals surface area contributed by atoms with Crippen molar-refractivity contribution in [1.82, 2.24) is 0 Å². The molecule has 8 nitrogen and oxygen atoms in total. The zero-order valence-electron chi connectivity index (χ0n) is 21.9. The molecule has 0 aliphatic heterocycles. The van der Waals surface area contributed by atoms with Gasteiger partial charge in [0, 0.05) is 11.1 Å². The molecule has 0 aliphatic carbocycles. The van der Waals surface area contributed by atoms with Gasteiger partial charge in [0.2, 0.25) is 0 Å². The Bertz CT molecular complexity index is 1340. The summed E-state index contributed by atoms with van der Waals surface area (Å²) in [5.41, 5.74) is 3.01. The molecule has 4 rings (SSSR count). The summed E-state index contributed by atoms with van der Waals surface area (Å²) in [4.78, 5) is 44.4. The first-order valence-corrected chi connectivity index (χ1v) is 13.6. The Morgan fingerprint density at radius 2 is 1.10 bits per heavy atom. The first-order valence-electron chi connectivity index (χ1n) is 11.7. The van der Waals surface area contributed by atoms with E-state index in [1.54, 1.807) is 83.4 Å². The van der Waals surface area contributed by atoms with E-state index in [9.17, 15) is 24.3 Å². The monoisotopic (exact) mass is 614 g/mol. The van der Waals surface area contributed by atoms with Crippen LogP contribution in [0.4, 0.5) is 0 Å². The molecule has 0 fully saturated rings. The summed E-state index contributed by atoms with van der Waals surface area (Å²) in [5.74, 6) is -1.75. The number of carbonyl (C=O) groups excluding carboxylic acids is 3. The third-order valence-electron chi connectivity index (χ3n) is 4.94. The number of carboxylic acids is 2. The maximum atomic E-state index is 11.9. The molecule has 204 valence electrons. The minimum atomic E-state index is -1.29. The van der Waals surface area contributed by atoms with Crippen molar-refractivity contribution in [2.75, 3.05) is 13.2 Å². The SMILES string of the molecule is O=C(O)COc1ccc(C(=O)/C=C/c2ccsc2)cc1.O=C([O-])COc1ccc(C(=O)/C=C/c2ccsc2)cc1.[K+]. The average Bonchev–Trinajstić information content (AvgIpc) is 3.68. The molecule has 0 unspecified atom stereocenters. The smallest absolute Gasteiger partial charge is 0.546 e. The maximum Gasteiger partial charge on any atom is 1.00 e. The van der Waals surface area contributed by atoms with E-state index in [0.29, 0.717) is 22.6 Å². The third kappa shape index (κ3) is 12.9. The number of hydrogen-bond donors (Lipinski definition) is 1. The van der Waals surface area contributed by atoms with Gasteiger partial charge >= 0.3 is 57.4 Å². The van der Waals surface area contributed by atoms with Crippen LogP contribution in [0.1, 0.15) is 31.8 Å². The van der Waals surface area contributed by atoms with Crippen LogP contribution in [-0.4, -0.2) is 41.8 Å². The van der Waals surface area contributed by atoms with Gasteiger partial charge in [0.05, 0.1) is 5.97 Å². The average molecular weight is 615 g/mol. The van der Waals surface area contributed by atoms with Crippen molar-refractivity contribution in [2.45, 2.75) is 0 Å². The second-order valence-corrected chi connectivity index (χ2v) is 9.46. The van der Waals surface area contributed by atoms with E-state index in [1.807, 2.05) is 33.7 Å². The van der Waals surface area contributed by atoms with E-state index in [0.717, 1.165) is 11.1 Å². The van der Waals surface area contributed by atoms with Crippen molar-refractivity contribution in [3.05, 3.63) is 117 Å². The largest absolute Gasteiger partial charge is 1.00 e. The molecule has 0 amide bonds. The van der Waals surface area contributed by atoms with Crippen LogP contribution in [-0.2, 0) is 9.59 Å². The van der Waals surface area contributed by atoms with Crippen LogP contribution in [0.25, 0.3) is 12.2 Å². The van der Waals surface area contributed by atoms with Gasteiger partial charge in [-0.15, -0.1) is 0 Å². The number of ketones is 2. The number of rotatable bonds is 12. The molecular weight excluding hydrogens is 592 g/mol. The van der Waals surface area contributed by atoms with Gasteiger partial charge in [-0.05, 0) is 105 Å². The summed E-state index contributed by atoms with van der Waals surface area (Å²) in [7, 11) is 0. The Kier molecular flexibility index (Phi) is 15.2. The number of allylic oxidation sites excluding steroid dienone is 2. The summed E-state index contributed by atoms with van der Waals surface area (Å²) in [6, 6.07) is 16.5. The van der Waals surface area contributed by atoms with Crippen molar-refractivity contribution in [3.8, 4) is 11.5 Å². The fourth-order valence-electron chi connectivity index (χ4n) is 2.99. The number of ether oxygens (including phenoxy) is 2. The first kappa shape index (κ1) is 34.0. The van der Waals surface area contributed by atoms with Crippen molar-refractivity contribution in [2.24, 2.45) is 0 Å². The molecular formula is C30H23KO8S2. The first-order chi connectivity index (χ1) is 19.3. The number of benzene rings is 2. The van der Waals surface area contributed by atoms with Crippen molar-refractivity contribution in [3.63, 3.8) is 0 Å². The minimum Gasteiger partial charge on any atom is -0.546 e. The van der Waals surface area contributed by atoms with Crippen LogP contribution >= 0.6 is 22.7 Å². The van der Waals surface area contributed by atoms with Gasteiger partial charge in [0.15, 0.2) is 18.2 Å². The molecule has 0 saturated heterocycles. The number of hydrogen-bond acceptors (Lipinski definition) is 9. The quantitative estimate of drug-likeness (QED) is 0.146. The molecule has 1 N–H and O–H groups in total. The molecule has 11 heteroatoms. The zero-order valence-corrected chi connectivity index (χ0v) is 26.7. The van der Waals surface area contributed by atoms with E-state index in [1.165, 1.54) is 12.2 Å². The number of carbonyl (C=O) groups is 4. The molecule has 0 atom stereocenters. The van der Waals surface area contributed by atoms with Gasteiger partial charge in [-0.1, -0.05) is 12.2 Å². The van der Waals surface area contributed by atoms with Crippen LogP contribution in [0, 0.1) is 0 Å². The Morgan fingerprint density at radius 3 is 1.44 bits per heavy atom. The summed E-state index contributed by atoms with van der Waals surface area (Å²) in [6.07, 6.45) is 6.52. The molecule has 2 aromatic heterocycles. The van der Waals surface area contributed by atoms with Crippen LogP contribution in [0.5, 0.6) is 11.5 Å². The van der Waals surface area contributed by atoms with E-state index in [2.05, 4.69) is 0 Å². The van der Waals surface area contributed by atoms with E-state index in [-0.39, 0.29) is 63.0 Å². The second kappa shape index (κ2) is 18.3. The molecule has 0 bridgehead atoms. The molecule has 4 aromatic rings. The molecule has 41 heavy (non-hydrogen) atoms. The van der Waals surface area contributed by atoms with Gasteiger partial charge in [-0.3, -0.25) is 9.59 Å². The minimum absolute atomic E-state index is 0. The predicted octanol–water partition coefficient (Wildman–Crippen LogP) is 1.88. The Labute approximate surface area is 287 Å². The second-order valence-electron chi connectivity index (χ2n) is 7.90. The van der Waals surface area contributed by atoms with E-state index >= 15 is 0 Å². The van der Waals surface area contributed by atoms with Gasteiger partial charge in [0.1, 0.15) is 18.1 Å². The normalized spacial score (nSPS) is 10.3. The van der Waals surface area contributed by atoms with Gasteiger partial charge in [0.25, 0.3) is 0 Å². The fourth-order valence-corrected chi connectivity index (χ4v) is 4.25. The van der Waals surface area contributed by atoms with Gasteiger partial charge < -0.3 is 24.5 Å². The van der Waals surface area contributed by atoms with Gasteiger partial charge in [-0.25, -0.2) is 4.79 Å². The molecule has 2 aromatic carbocycles. The molecule has 0 spiro atoms. The summed E-state index contributed by atoms with van der Waals surface area (Å²) in [5, 5.41) is 26.5. The third-order valence-corrected chi connectivity index (χ3v) is 6.34. The van der Waals surface area contributed by atoms with Crippen molar-refractivity contribution >= 4 is 58.3 Å². The van der Waals surface area contributed by atoms with Crippen LogP contribution in [0.3, 0.4) is 0 Å². The van der Waals surface area contributed by atoms with Crippen LogP contribution in [0.15, 0.2) is 94.3 Å². The van der Waals surface area contributed by atoms with E-state index < -0.39 is 25.2 Å². The van der Waals surface area contributed by atoms with Crippen LogP contribution < -0.4 is 66.0 Å². The fraction of sp³-hybridized carbons (Fsp3) is 0.0667. The number of thiophene rings is 2. The van der Waals surface area contributed by atoms with Gasteiger partial charge in [-0.2, -0.15) is 22.7 Å². The topological polar surface area (TPSA) is 130 Å². The Balaban J connectivity index is 0.000000280. The Morgan fingerprint density at radius 1 is 0.683 bits per heavy atom. The summed E-state index contributed by atoms with van der Waals surface area (Å²) in [6.45, 7) is -0.906. The number of carboxylic acid groups (broad SMARTS) is 2. The zero-order chi connectivity index (χ0) is 28.7. The van der Waals surface area contributed by atoms with Crippen LogP contribution in [0.2, 0.25) is 0 Å². The molecule has 0 radical (unpaired) electrons. The summed E-state index contributed by atoms with van der Waals surface area (Å²) >= 11 is 3.13. The van der Waals surface area contributed by atoms with E-state index in [4.69, 9.17) is 14.6 Å². The molecule has 0 saturated carbocycles. The van der Waals surface area contributed by atoms with Crippen molar-refractivity contribution in [1.29, 1.82) is 0 Å². The summed E-state index contributed by atoms with van der Waals surface area (Å²) < 4.78 is 9.92. The standard InChI is InChI=1S/2C15H12O4S.K/c2*16-14(6-1-11-7-8-20-10-11)12-2-4-13(5-3-12)19-9-15(17)18;/h2*1-8,10H,9H2,(H,17,18);/q;;+1/p-1/b2*6-1+;.